The number of esters is 1. The van der Waals surface area contributed by atoms with Crippen molar-refractivity contribution in [3.05, 3.63) is 91.7 Å². The molecule has 0 fully saturated rings. The second-order valence-electron chi connectivity index (χ2n) is 5.40. The highest BCUT2D eigenvalue weighted by atomic mass is 16.6. The van der Waals surface area contributed by atoms with Gasteiger partial charge in [-0.1, -0.05) is 12.1 Å². The van der Waals surface area contributed by atoms with E-state index in [-0.39, 0.29) is 23.0 Å². The molecule has 0 radical (unpaired) electrons. The van der Waals surface area contributed by atoms with E-state index in [9.17, 15) is 25.0 Å². The molecule has 0 spiro atoms. The van der Waals surface area contributed by atoms with E-state index in [4.69, 9.17) is 4.74 Å². The van der Waals surface area contributed by atoms with Crippen molar-refractivity contribution in [2.45, 2.75) is 0 Å². The first kappa shape index (κ1) is 17.7. The third kappa shape index (κ3) is 4.28. The number of carbonyl (C=O) groups is 1. The fourth-order valence-electron chi connectivity index (χ4n) is 2.26. The monoisotopic (exact) mass is 365 g/mol. The maximum atomic E-state index is 11.9. The van der Waals surface area contributed by atoms with Crippen LogP contribution in [0.5, 0.6) is 0 Å². The van der Waals surface area contributed by atoms with Gasteiger partial charge in [0.05, 0.1) is 9.85 Å². The Morgan fingerprint density at radius 2 is 1.59 bits per heavy atom. The maximum Gasteiger partial charge on any atom is 0.363 e. The molecule has 2 aromatic rings. The van der Waals surface area contributed by atoms with Gasteiger partial charge >= 0.3 is 5.97 Å². The van der Waals surface area contributed by atoms with E-state index in [1.54, 1.807) is 24.3 Å². The van der Waals surface area contributed by atoms with Crippen LogP contribution in [0.1, 0.15) is 11.1 Å². The number of aliphatic imine (C=N–C) groups is 1. The second kappa shape index (κ2) is 7.40. The SMILES string of the molecule is O=C1OC(/C=C/c2ccc([N+](=O)[O-])cc2)=NC/1=C/c1cccc([N+](=O)[O-])c1. The van der Waals surface area contributed by atoms with Crippen LogP contribution in [-0.2, 0) is 9.53 Å². The quantitative estimate of drug-likeness (QED) is 0.345. The number of nitro groups is 2. The molecule has 0 aliphatic carbocycles. The van der Waals surface area contributed by atoms with Crippen LogP contribution in [0.3, 0.4) is 0 Å². The van der Waals surface area contributed by atoms with Crippen molar-refractivity contribution in [2.75, 3.05) is 0 Å². The van der Waals surface area contributed by atoms with Crippen LogP contribution < -0.4 is 0 Å². The topological polar surface area (TPSA) is 125 Å². The molecule has 27 heavy (non-hydrogen) atoms. The molecule has 0 N–H and O–H groups in total. The fraction of sp³-hybridized carbons (Fsp3) is 0. The first-order chi connectivity index (χ1) is 12.9. The predicted octanol–water partition coefficient (Wildman–Crippen LogP) is 3.51. The van der Waals surface area contributed by atoms with Crippen LogP contribution in [0.15, 0.2) is 65.3 Å². The molecule has 0 atom stereocenters. The predicted molar refractivity (Wildman–Crippen MR) is 96.7 cm³/mol. The Balaban J connectivity index is 1.78. The number of nitro benzene ring substituents is 2. The van der Waals surface area contributed by atoms with Crippen LogP contribution >= 0.6 is 0 Å². The molecular weight excluding hydrogens is 354 g/mol. The minimum Gasteiger partial charge on any atom is -0.403 e. The summed E-state index contributed by atoms with van der Waals surface area (Å²) in [6.07, 6.45) is 4.43. The first-order valence-corrected chi connectivity index (χ1v) is 7.62. The molecule has 9 heteroatoms. The van der Waals surface area contributed by atoms with Gasteiger partial charge in [0.15, 0.2) is 5.70 Å². The van der Waals surface area contributed by atoms with Gasteiger partial charge in [-0.15, -0.1) is 0 Å². The molecule has 0 amide bonds. The highest BCUT2D eigenvalue weighted by Gasteiger charge is 2.21. The average molecular weight is 365 g/mol. The van der Waals surface area contributed by atoms with Gasteiger partial charge in [-0.05, 0) is 35.4 Å². The number of benzene rings is 2. The number of ether oxygens (including phenoxy) is 1. The molecule has 134 valence electrons. The van der Waals surface area contributed by atoms with E-state index >= 15 is 0 Å². The normalized spacial score (nSPS) is 15.0. The van der Waals surface area contributed by atoms with Gasteiger partial charge in [-0.2, -0.15) is 0 Å². The summed E-state index contributed by atoms with van der Waals surface area (Å²) in [5.41, 5.74) is 0.992. The molecule has 0 bridgehead atoms. The Labute approximate surface area is 152 Å². The van der Waals surface area contributed by atoms with E-state index in [0.717, 1.165) is 0 Å². The van der Waals surface area contributed by atoms with Gasteiger partial charge < -0.3 is 4.74 Å². The Bertz CT molecular complexity index is 1020. The molecule has 1 heterocycles. The molecule has 0 saturated heterocycles. The van der Waals surface area contributed by atoms with Crippen molar-refractivity contribution in [3.8, 4) is 0 Å². The van der Waals surface area contributed by atoms with Crippen LogP contribution in [0.25, 0.3) is 12.2 Å². The summed E-state index contributed by atoms with van der Waals surface area (Å²) in [5.74, 6) is -0.625. The zero-order valence-corrected chi connectivity index (χ0v) is 13.6. The van der Waals surface area contributed by atoms with E-state index in [0.29, 0.717) is 11.1 Å². The van der Waals surface area contributed by atoms with Crippen LogP contribution in [-0.4, -0.2) is 21.7 Å². The fourth-order valence-corrected chi connectivity index (χ4v) is 2.26. The van der Waals surface area contributed by atoms with Gasteiger partial charge in [0, 0.05) is 30.3 Å². The summed E-state index contributed by atoms with van der Waals surface area (Å²) >= 11 is 0. The first-order valence-electron chi connectivity index (χ1n) is 7.62. The summed E-state index contributed by atoms with van der Waals surface area (Å²) in [4.78, 5) is 36.3. The highest BCUT2D eigenvalue weighted by Crippen LogP contribution is 2.20. The maximum absolute atomic E-state index is 11.9. The van der Waals surface area contributed by atoms with Crippen molar-refractivity contribution < 1.29 is 19.4 Å². The van der Waals surface area contributed by atoms with E-state index < -0.39 is 15.8 Å². The number of hydrogen-bond donors (Lipinski definition) is 0. The minimum atomic E-state index is -0.676. The number of cyclic esters (lactones) is 1. The molecular formula is C18H11N3O6. The van der Waals surface area contributed by atoms with Crippen molar-refractivity contribution >= 4 is 35.4 Å². The lowest BCUT2D eigenvalue weighted by Gasteiger charge is -1.95. The largest absolute Gasteiger partial charge is 0.403 e. The Hall–Kier alpha value is -4.14. The molecule has 1 aliphatic heterocycles. The number of rotatable bonds is 5. The van der Waals surface area contributed by atoms with Crippen LogP contribution in [0, 0.1) is 20.2 Å². The zero-order chi connectivity index (χ0) is 19.4. The smallest absolute Gasteiger partial charge is 0.363 e. The van der Waals surface area contributed by atoms with Gasteiger partial charge in [-0.25, -0.2) is 9.79 Å². The second-order valence-corrected chi connectivity index (χ2v) is 5.40. The van der Waals surface area contributed by atoms with Crippen LogP contribution in [0.4, 0.5) is 11.4 Å². The van der Waals surface area contributed by atoms with Crippen molar-refractivity contribution in [3.63, 3.8) is 0 Å². The van der Waals surface area contributed by atoms with Crippen molar-refractivity contribution in [1.29, 1.82) is 0 Å². The Morgan fingerprint density at radius 1 is 0.889 bits per heavy atom. The lowest BCUT2D eigenvalue weighted by molar-refractivity contribution is -0.385. The lowest BCUT2D eigenvalue weighted by Crippen LogP contribution is -2.01. The van der Waals surface area contributed by atoms with Gasteiger partial charge in [-0.3, -0.25) is 20.2 Å². The third-order valence-electron chi connectivity index (χ3n) is 3.54. The zero-order valence-electron chi connectivity index (χ0n) is 13.6. The van der Waals surface area contributed by atoms with E-state index in [1.165, 1.54) is 42.5 Å². The number of non-ortho nitro benzene ring substituents is 2. The molecule has 1 aliphatic rings. The van der Waals surface area contributed by atoms with E-state index in [1.807, 2.05) is 0 Å². The lowest BCUT2D eigenvalue weighted by atomic mass is 10.1. The summed E-state index contributed by atoms with van der Waals surface area (Å²) in [6, 6.07) is 11.6. The third-order valence-corrected chi connectivity index (χ3v) is 3.54. The van der Waals surface area contributed by atoms with Crippen LogP contribution in [0.2, 0.25) is 0 Å². The summed E-state index contributed by atoms with van der Waals surface area (Å²) in [6.45, 7) is 0. The highest BCUT2D eigenvalue weighted by molar-refractivity contribution is 6.11. The Morgan fingerprint density at radius 3 is 2.26 bits per heavy atom. The summed E-state index contributed by atoms with van der Waals surface area (Å²) in [7, 11) is 0. The molecule has 2 aromatic carbocycles. The van der Waals surface area contributed by atoms with Gasteiger partial charge in [0.1, 0.15) is 0 Å². The van der Waals surface area contributed by atoms with Crippen molar-refractivity contribution in [1.82, 2.24) is 0 Å². The van der Waals surface area contributed by atoms with Gasteiger partial charge in [0.25, 0.3) is 11.4 Å². The minimum absolute atomic E-state index is 0.0128. The number of nitrogens with zero attached hydrogens (tertiary/aromatic N) is 3. The Kier molecular flexibility index (Phi) is 4.84. The van der Waals surface area contributed by atoms with Crippen molar-refractivity contribution in [2.24, 2.45) is 4.99 Å². The molecule has 3 rings (SSSR count). The average Bonchev–Trinajstić information content (AvgIpc) is 3.00. The number of hydrogen-bond acceptors (Lipinski definition) is 7. The van der Waals surface area contributed by atoms with Gasteiger partial charge in [0.2, 0.25) is 5.90 Å². The molecule has 0 unspecified atom stereocenters. The summed E-state index contributed by atoms with van der Waals surface area (Å²) in [5, 5.41) is 21.4. The van der Waals surface area contributed by atoms with E-state index in [2.05, 4.69) is 4.99 Å². The molecule has 9 nitrogen and oxygen atoms in total. The summed E-state index contributed by atoms with van der Waals surface area (Å²) < 4.78 is 5.02. The molecule has 0 saturated carbocycles. The number of carbonyl (C=O) groups excluding carboxylic acids is 1. The molecule has 0 aromatic heterocycles. The standard InChI is InChI=1S/C18H11N3O6/c22-18-16(11-13-2-1-3-15(10-13)21(25)26)19-17(27-18)9-6-12-4-7-14(8-5-12)20(23)24/h1-11H/b9-6+,16-11+.